The second kappa shape index (κ2) is 8.37. The van der Waals surface area contributed by atoms with E-state index in [2.05, 4.69) is 55.0 Å². The van der Waals surface area contributed by atoms with E-state index in [9.17, 15) is 4.79 Å². The Morgan fingerprint density at radius 3 is 2.22 bits per heavy atom. The van der Waals surface area contributed by atoms with Crippen molar-refractivity contribution >= 4 is 35.8 Å². The van der Waals surface area contributed by atoms with Crippen molar-refractivity contribution in [2.24, 2.45) is 10.4 Å². The van der Waals surface area contributed by atoms with Crippen LogP contribution in [0.1, 0.15) is 51.7 Å². The van der Waals surface area contributed by atoms with Gasteiger partial charge in [0.2, 0.25) is 5.91 Å². The van der Waals surface area contributed by atoms with Crippen LogP contribution in [-0.2, 0) is 17.9 Å². The summed E-state index contributed by atoms with van der Waals surface area (Å²) in [6.45, 7) is 12.4. The molecule has 1 aromatic carbocycles. The van der Waals surface area contributed by atoms with Gasteiger partial charge in [-0.2, -0.15) is 0 Å². The zero-order chi connectivity index (χ0) is 18.9. The molecule has 1 N–H and O–H groups in total. The summed E-state index contributed by atoms with van der Waals surface area (Å²) in [7, 11) is 1.83. The molecule has 1 aromatic rings. The van der Waals surface area contributed by atoms with Crippen LogP contribution in [0, 0.1) is 5.41 Å². The van der Waals surface area contributed by atoms with Gasteiger partial charge in [0, 0.05) is 50.6 Å². The van der Waals surface area contributed by atoms with Gasteiger partial charge in [-0.15, -0.1) is 24.0 Å². The monoisotopic (exact) mass is 484 g/mol. The highest BCUT2D eigenvalue weighted by Crippen LogP contribution is 2.46. The lowest BCUT2D eigenvalue weighted by Crippen LogP contribution is -2.72. The van der Waals surface area contributed by atoms with E-state index in [1.807, 2.05) is 24.1 Å². The molecule has 0 atom stereocenters. The van der Waals surface area contributed by atoms with Crippen molar-refractivity contribution in [3.8, 4) is 0 Å². The molecule has 6 heteroatoms. The lowest BCUT2D eigenvalue weighted by Gasteiger charge is -2.62. The Kier molecular flexibility index (Phi) is 6.81. The Morgan fingerprint density at radius 2 is 1.74 bits per heavy atom. The van der Waals surface area contributed by atoms with Crippen molar-refractivity contribution in [1.29, 1.82) is 0 Å². The number of hydrogen-bond donors (Lipinski definition) is 1. The number of aliphatic imine (C=N–C) groups is 1. The molecular formula is C21H33IN4O. The maximum atomic E-state index is 12.5. The predicted molar refractivity (Wildman–Crippen MR) is 121 cm³/mol. The maximum Gasteiger partial charge on any atom is 0.223 e. The first kappa shape index (κ1) is 22.0. The molecule has 27 heavy (non-hydrogen) atoms. The normalized spacial score (nSPS) is 19.8. The lowest BCUT2D eigenvalue weighted by molar-refractivity contribution is -0.131. The summed E-state index contributed by atoms with van der Waals surface area (Å²) in [4.78, 5) is 21.2. The van der Waals surface area contributed by atoms with Crippen LogP contribution in [-0.4, -0.2) is 47.3 Å². The SMILES string of the molecule is CN=C(NCCCC(=O)N1Cc2ccccc2C1)N1CC(C)(C)C1(C)C.I. The van der Waals surface area contributed by atoms with Crippen molar-refractivity contribution in [1.82, 2.24) is 15.1 Å². The second-order valence-corrected chi connectivity index (χ2v) is 8.63. The molecule has 0 aliphatic carbocycles. The smallest absolute Gasteiger partial charge is 0.223 e. The number of benzene rings is 1. The van der Waals surface area contributed by atoms with E-state index in [0.717, 1.165) is 38.6 Å². The van der Waals surface area contributed by atoms with Gasteiger partial charge in [-0.05, 0) is 31.4 Å². The van der Waals surface area contributed by atoms with Crippen LogP contribution in [0.2, 0.25) is 0 Å². The average Bonchev–Trinajstić information content (AvgIpc) is 3.04. The summed E-state index contributed by atoms with van der Waals surface area (Å²) in [5.74, 6) is 1.18. The number of nitrogens with one attached hydrogen (secondary N) is 1. The summed E-state index contributed by atoms with van der Waals surface area (Å²) in [5, 5.41) is 3.43. The fraction of sp³-hybridized carbons (Fsp3) is 0.619. The number of hydrogen-bond acceptors (Lipinski definition) is 2. The highest BCUT2D eigenvalue weighted by atomic mass is 127. The summed E-state index contributed by atoms with van der Waals surface area (Å²) in [6.07, 6.45) is 1.40. The molecule has 1 saturated heterocycles. The molecule has 0 aromatic heterocycles. The van der Waals surface area contributed by atoms with Gasteiger partial charge in [-0.3, -0.25) is 9.79 Å². The van der Waals surface area contributed by atoms with Crippen molar-refractivity contribution in [2.75, 3.05) is 20.1 Å². The summed E-state index contributed by atoms with van der Waals surface area (Å²) >= 11 is 0. The first-order valence-corrected chi connectivity index (χ1v) is 9.59. The van der Waals surface area contributed by atoms with Crippen molar-refractivity contribution in [3.05, 3.63) is 35.4 Å². The van der Waals surface area contributed by atoms with E-state index < -0.39 is 0 Å². The Hall–Kier alpha value is -1.31. The number of fused-ring (bicyclic) bond motifs is 1. The molecule has 0 bridgehead atoms. The molecule has 2 aliphatic rings. The van der Waals surface area contributed by atoms with Crippen molar-refractivity contribution < 1.29 is 4.79 Å². The molecule has 0 unspecified atom stereocenters. The highest BCUT2D eigenvalue weighted by Gasteiger charge is 2.53. The molecule has 1 fully saturated rings. The van der Waals surface area contributed by atoms with Crippen LogP contribution in [0.3, 0.4) is 0 Å². The van der Waals surface area contributed by atoms with Crippen LogP contribution in [0.4, 0.5) is 0 Å². The van der Waals surface area contributed by atoms with E-state index in [-0.39, 0.29) is 40.8 Å². The second-order valence-electron chi connectivity index (χ2n) is 8.63. The minimum absolute atomic E-state index is 0. The Morgan fingerprint density at radius 1 is 1.15 bits per heavy atom. The highest BCUT2D eigenvalue weighted by molar-refractivity contribution is 14.0. The number of amides is 1. The lowest BCUT2D eigenvalue weighted by atomic mass is 9.65. The Bertz CT molecular complexity index is 689. The largest absolute Gasteiger partial charge is 0.356 e. The molecule has 0 spiro atoms. The molecule has 2 aliphatic heterocycles. The number of carbonyl (C=O) groups is 1. The standard InChI is InChI=1S/C21H32N4O.HI/c1-20(2)15-25(21(20,3)4)19(22-5)23-12-8-11-18(26)24-13-16-9-6-7-10-17(16)14-24;/h6-7,9-10H,8,11-15H2,1-5H3,(H,22,23);1H. The number of rotatable bonds is 4. The number of likely N-dealkylation sites (tertiary alicyclic amines) is 1. The fourth-order valence-corrected chi connectivity index (χ4v) is 3.80. The maximum absolute atomic E-state index is 12.5. The molecular weight excluding hydrogens is 451 g/mol. The topological polar surface area (TPSA) is 47.9 Å². The molecule has 1 amide bonds. The van der Waals surface area contributed by atoms with Gasteiger partial charge in [-0.1, -0.05) is 38.1 Å². The summed E-state index contributed by atoms with van der Waals surface area (Å²) in [6, 6.07) is 8.32. The van der Waals surface area contributed by atoms with E-state index in [1.165, 1.54) is 11.1 Å². The van der Waals surface area contributed by atoms with E-state index in [4.69, 9.17) is 0 Å². The number of halogens is 1. The van der Waals surface area contributed by atoms with E-state index in [1.54, 1.807) is 0 Å². The van der Waals surface area contributed by atoms with Crippen molar-refractivity contribution in [2.45, 2.75) is 59.2 Å². The number of carbonyl (C=O) groups excluding carboxylic acids is 1. The Labute approximate surface area is 180 Å². The zero-order valence-electron chi connectivity index (χ0n) is 17.2. The average molecular weight is 484 g/mol. The third kappa shape index (κ3) is 4.25. The third-order valence-corrected chi connectivity index (χ3v) is 6.40. The number of nitrogens with zero attached hydrogens (tertiary/aromatic N) is 3. The van der Waals surface area contributed by atoms with Gasteiger partial charge >= 0.3 is 0 Å². The third-order valence-electron chi connectivity index (χ3n) is 6.40. The van der Waals surface area contributed by atoms with Gasteiger partial charge in [-0.25, -0.2) is 0 Å². The molecule has 2 heterocycles. The molecule has 0 radical (unpaired) electrons. The van der Waals surface area contributed by atoms with Crippen LogP contribution in [0.15, 0.2) is 29.3 Å². The Balaban J connectivity index is 0.00000261. The predicted octanol–water partition coefficient (Wildman–Crippen LogP) is 3.62. The van der Waals surface area contributed by atoms with Gasteiger partial charge in [0.1, 0.15) is 0 Å². The first-order valence-electron chi connectivity index (χ1n) is 9.59. The molecule has 5 nitrogen and oxygen atoms in total. The van der Waals surface area contributed by atoms with E-state index >= 15 is 0 Å². The minimum Gasteiger partial charge on any atom is -0.356 e. The minimum atomic E-state index is 0. The molecule has 3 rings (SSSR count). The molecule has 0 saturated carbocycles. The summed E-state index contributed by atoms with van der Waals surface area (Å²) < 4.78 is 0. The van der Waals surface area contributed by atoms with Crippen LogP contribution < -0.4 is 5.32 Å². The van der Waals surface area contributed by atoms with E-state index in [0.29, 0.717) is 6.42 Å². The molecule has 150 valence electrons. The zero-order valence-corrected chi connectivity index (χ0v) is 19.5. The fourth-order valence-electron chi connectivity index (χ4n) is 3.80. The van der Waals surface area contributed by atoms with Crippen LogP contribution in [0.25, 0.3) is 0 Å². The van der Waals surface area contributed by atoms with Gasteiger partial charge < -0.3 is 15.1 Å². The summed E-state index contributed by atoms with van der Waals surface area (Å²) in [5.41, 5.74) is 2.93. The van der Waals surface area contributed by atoms with Gasteiger partial charge in [0.25, 0.3) is 0 Å². The number of guanidine groups is 1. The van der Waals surface area contributed by atoms with Crippen LogP contribution in [0.5, 0.6) is 0 Å². The first-order chi connectivity index (χ1) is 12.3. The van der Waals surface area contributed by atoms with Gasteiger partial charge in [0.15, 0.2) is 5.96 Å². The van der Waals surface area contributed by atoms with Gasteiger partial charge in [0.05, 0.1) is 0 Å². The van der Waals surface area contributed by atoms with Crippen molar-refractivity contribution in [3.63, 3.8) is 0 Å². The quantitative estimate of drug-likeness (QED) is 0.308. The van der Waals surface area contributed by atoms with Crippen LogP contribution >= 0.6 is 24.0 Å².